The van der Waals surface area contributed by atoms with Crippen molar-refractivity contribution in [1.82, 2.24) is 19.9 Å². The third kappa shape index (κ3) is 3.46. The summed E-state index contributed by atoms with van der Waals surface area (Å²) in [5, 5.41) is 0. The van der Waals surface area contributed by atoms with Gasteiger partial charge >= 0.3 is 11.4 Å². The maximum Gasteiger partial charge on any atom is 0.413 e. The average molecular weight is 378 g/mol. The molecule has 0 aliphatic carbocycles. The van der Waals surface area contributed by atoms with Crippen molar-refractivity contribution < 1.29 is 9.13 Å². The van der Waals surface area contributed by atoms with Gasteiger partial charge in [-0.2, -0.15) is 9.97 Å². The summed E-state index contributed by atoms with van der Waals surface area (Å²) in [5.41, 5.74) is -0.333. The van der Waals surface area contributed by atoms with Crippen LogP contribution in [-0.4, -0.2) is 19.9 Å². The molecule has 4 aromatic heterocycles. The molecule has 10 nitrogen and oxygen atoms in total. The summed E-state index contributed by atoms with van der Waals surface area (Å²) in [6.45, 7) is 0. The maximum atomic E-state index is 11.4. The normalized spacial score (nSPS) is 10.7. The minimum atomic E-state index is -0.579. The molecule has 0 bridgehead atoms. The van der Waals surface area contributed by atoms with Crippen LogP contribution in [-0.2, 0) is 0 Å². The summed E-state index contributed by atoms with van der Waals surface area (Å²) in [6, 6.07) is 9.88. The largest absolute Gasteiger partial charge is 0.413 e. The fourth-order valence-corrected chi connectivity index (χ4v) is 2.75. The molecule has 0 amide bonds. The summed E-state index contributed by atoms with van der Waals surface area (Å²) in [5.74, 6) is 0.703. The van der Waals surface area contributed by atoms with Crippen molar-refractivity contribution in [3.05, 3.63) is 103 Å². The summed E-state index contributed by atoms with van der Waals surface area (Å²) in [7, 11) is 0. The van der Waals surface area contributed by atoms with E-state index in [9.17, 15) is 19.2 Å². The van der Waals surface area contributed by atoms with Gasteiger partial charge in [0, 0.05) is 0 Å². The van der Waals surface area contributed by atoms with Crippen LogP contribution in [0.4, 0.5) is 0 Å². The van der Waals surface area contributed by atoms with Gasteiger partial charge in [-0.3, -0.25) is 19.6 Å². The smallest absolute Gasteiger partial charge is 0.269 e. The van der Waals surface area contributed by atoms with Crippen LogP contribution in [0.15, 0.2) is 80.4 Å². The Balaban J connectivity index is 1.64. The van der Waals surface area contributed by atoms with E-state index < -0.39 is 22.5 Å². The first-order valence-corrected chi connectivity index (χ1v) is 8.19. The summed E-state index contributed by atoms with van der Waals surface area (Å²) in [4.78, 5) is 55.0. The minimum Gasteiger partial charge on any atom is -0.269 e. The number of nitrogens with one attached hydrogen (secondary N) is 4. The van der Waals surface area contributed by atoms with Crippen molar-refractivity contribution in [3.8, 4) is 22.8 Å². The van der Waals surface area contributed by atoms with Gasteiger partial charge in [0.15, 0.2) is 0 Å². The number of H-pyrrole nitrogens is 4. The predicted molar refractivity (Wildman–Crippen MR) is 97.4 cm³/mol. The number of pyridine rings is 2. The van der Waals surface area contributed by atoms with E-state index >= 15 is 0 Å². The van der Waals surface area contributed by atoms with Crippen molar-refractivity contribution in [2.75, 3.05) is 0 Å². The topological polar surface area (TPSA) is 139 Å². The Morgan fingerprint density at radius 2 is 0.893 bits per heavy atom. The highest BCUT2D eigenvalue weighted by Crippen LogP contribution is 2.16. The van der Waals surface area contributed by atoms with E-state index in [0.29, 0.717) is 11.6 Å². The zero-order valence-electron chi connectivity index (χ0n) is 14.3. The molecule has 138 valence electrons. The maximum absolute atomic E-state index is 11.4. The van der Waals surface area contributed by atoms with Crippen molar-refractivity contribution in [1.29, 1.82) is 0 Å². The molecule has 0 aliphatic rings. The second kappa shape index (κ2) is 6.76. The zero-order valence-corrected chi connectivity index (χ0v) is 14.3. The van der Waals surface area contributed by atoms with Crippen LogP contribution in [0.2, 0.25) is 0 Å². The third-order valence-corrected chi connectivity index (χ3v) is 4.04. The molecule has 4 heterocycles. The van der Waals surface area contributed by atoms with Gasteiger partial charge in [0.25, 0.3) is 22.8 Å². The first-order valence-electron chi connectivity index (χ1n) is 8.19. The van der Waals surface area contributed by atoms with E-state index in [1.165, 1.54) is 12.1 Å². The van der Waals surface area contributed by atoms with Crippen molar-refractivity contribution >= 4 is 0 Å². The van der Waals surface area contributed by atoms with Crippen LogP contribution in [0.1, 0.15) is 0 Å². The first-order chi connectivity index (χ1) is 13.5. The molecular weight excluding hydrogens is 364 g/mol. The summed E-state index contributed by atoms with van der Waals surface area (Å²) < 4.78 is 3.23. The second-order valence-electron chi connectivity index (χ2n) is 5.93. The lowest BCUT2D eigenvalue weighted by molar-refractivity contribution is -0.600. The molecule has 4 N–H and O–H groups in total. The number of nitrogens with zero attached hydrogens (tertiary/aromatic N) is 2. The van der Waals surface area contributed by atoms with Crippen LogP contribution < -0.4 is 31.6 Å². The standard InChI is InChI=1S/C18H12N6O4/c25-15-9-13(19-17(27)21-15)23-5-1-11(2-6-23)12-3-7-24(8-4-12)14-10-16(26)22-18(28)20-14/h1-10H,(H2-2,19,20,21,22,25,26,27,28)/p+2. The highest BCUT2D eigenvalue weighted by Gasteiger charge is 2.10. The predicted octanol–water partition coefficient (Wildman–Crippen LogP) is -1.34. The van der Waals surface area contributed by atoms with Crippen LogP contribution in [0.25, 0.3) is 22.8 Å². The van der Waals surface area contributed by atoms with Crippen molar-refractivity contribution in [2.24, 2.45) is 0 Å². The molecular formula is C18H14N6O4+2. The van der Waals surface area contributed by atoms with E-state index in [4.69, 9.17) is 0 Å². The molecule has 0 aromatic carbocycles. The van der Waals surface area contributed by atoms with E-state index in [2.05, 4.69) is 19.9 Å². The Bertz CT molecular complexity index is 1210. The van der Waals surface area contributed by atoms with Gasteiger partial charge in [-0.15, -0.1) is 0 Å². The first kappa shape index (κ1) is 17.1. The lowest BCUT2D eigenvalue weighted by Crippen LogP contribution is -2.36. The van der Waals surface area contributed by atoms with Gasteiger partial charge in [-0.25, -0.2) is 18.7 Å². The number of hydrogen-bond acceptors (Lipinski definition) is 4. The molecule has 0 aliphatic heterocycles. The van der Waals surface area contributed by atoms with Gasteiger partial charge in [0.05, 0.1) is 36.9 Å². The van der Waals surface area contributed by atoms with E-state index in [-0.39, 0.29) is 0 Å². The Morgan fingerprint density at radius 1 is 0.536 bits per heavy atom. The molecule has 0 spiro atoms. The Labute approximate surface area is 155 Å². The van der Waals surface area contributed by atoms with Gasteiger partial charge in [-0.1, -0.05) is 0 Å². The van der Waals surface area contributed by atoms with Crippen molar-refractivity contribution in [3.63, 3.8) is 0 Å². The molecule has 4 rings (SSSR count). The molecule has 0 unspecified atom stereocenters. The summed E-state index contributed by atoms with van der Waals surface area (Å²) >= 11 is 0. The molecule has 0 saturated carbocycles. The van der Waals surface area contributed by atoms with Gasteiger partial charge in [0.1, 0.15) is 0 Å². The molecule has 0 saturated heterocycles. The van der Waals surface area contributed by atoms with Crippen LogP contribution in [0.3, 0.4) is 0 Å². The average Bonchev–Trinajstić information content (AvgIpc) is 2.67. The van der Waals surface area contributed by atoms with E-state index in [1.807, 2.05) is 24.3 Å². The van der Waals surface area contributed by atoms with Gasteiger partial charge in [-0.05, 0) is 35.4 Å². The molecule has 10 heteroatoms. The monoisotopic (exact) mass is 378 g/mol. The lowest BCUT2D eigenvalue weighted by Gasteiger charge is -2.03. The lowest BCUT2D eigenvalue weighted by atomic mass is 10.1. The number of hydrogen-bond donors (Lipinski definition) is 4. The molecule has 0 atom stereocenters. The molecule has 0 radical (unpaired) electrons. The fraction of sp³-hybridized carbons (Fsp3) is 0. The fourth-order valence-electron chi connectivity index (χ4n) is 2.75. The van der Waals surface area contributed by atoms with E-state index in [1.54, 1.807) is 33.9 Å². The quantitative estimate of drug-likeness (QED) is 0.328. The van der Waals surface area contributed by atoms with Gasteiger partial charge in [0.2, 0.25) is 0 Å². The van der Waals surface area contributed by atoms with Crippen LogP contribution >= 0.6 is 0 Å². The Morgan fingerprint density at radius 3 is 1.21 bits per heavy atom. The molecule has 28 heavy (non-hydrogen) atoms. The van der Waals surface area contributed by atoms with Crippen LogP contribution in [0, 0.1) is 0 Å². The van der Waals surface area contributed by atoms with Gasteiger partial charge < -0.3 is 0 Å². The Hall–Kier alpha value is -4.34. The van der Waals surface area contributed by atoms with E-state index in [0.717, 1.165) is 11.1 Å². The molecule has 0 fully saturated rings. The summed E-state index contributed by atoms with van der Waals surface area (Å²) in [6.07, 6.45) is 6.87. The highest BCUT2D eigenvalue weighted by molar-refractivity contribution is 5.61. The van der Waals surface area contributed by atoms with Crippen LogP contribution in [0.5, 0.6) is 0 Å². The Kier molecular flexibility index (Phi) is 4.13. The number of rotatable bonds is 3. The zero-order chi connectivity index (χ0) is 19.7. The second-order valence-corrected chi connectivity index (χ2v) is 5.93. The SMILES string of the molecule is O=c1cc(-[n+]2ccc(-c3cc[n+](-c4cc(=O)[nH]c(=O)[nH]4)cc3)cc2)[nH]c(=O)[nH]1. The van der Waals surface area contributed by atoms with Crippen molar-refractivity contribution in [2.45, 2.75) is 0 Å². The molecule has 4 aromatic rings. The number of aromatic amines is 4. The minimum absolute atomic E-state index is 0.351. The third-order valence-electron chi connectivity index (χ3n) is 4.04. The number of aromatic nitrogens is 6. The highest BCUT2D eigenvalue weighted by atomic mass is 16.2.